The van der Waals surface area contributed by atoms with Crippen LogP contribution in [0.2, 0.25) is 10.0 Å². The molecule has 1 saturated carbocycles. The highest BCUT2D eigenvalue weighted by Gasteiger charge is 2.61. The number of carbonyl (C=O) groups is 1. The number of likely N-dealkylation sites (N-methyl/N-ethyl adjacent to an activating group) is 1. The molecule has 1 saturated heterocycles. The van der Waals surface area contributed by atoms with E-state index >= 15 is 0 Å². The van der Waals surface area contributed by atoms with E-state index in [0.717, 1.165) is 18.4 Å². The highest BCUT2D eigenvalue weighted by atomic mass is 35.5. The second-order valence-electron chi connectivity index (χ2n) is 6.94. The zero-order valence-electron chi connectivity index (χ0n) is 13.8. The summed E-state index contributed by atoms with van der Waals surface area (Å²) in [5.74, 6) is 0.191. The van der Waals surface area contributed by atoms with Gasteiger partial charge in [-0.2, -0.15) is 5.26 Å². The van der Waals surface area contributed by atoms with E-state index in [1.54, 1.807) is 18.3 Å². The second-order valence-corrected chi connectivity index (χ2v) is 7.78. The minimum atomic E-state index is -0.722. The lowest BCUT2D eigenvalue weighted by atomic mass is 9.75. The molecule has 2 heterocycles. The third-order valence-corrected chi connectivity index (χ3v) is 6.03. The number of benzene rings is 1. The molecule has 0 aromatic heterocycles. The second kappa shape index (κ2) is 5.91. The molecule has 1 aliphatic carbocycles. The van der Waals surface area contributed by atoms with Gasteiger partial charge in [0.1, 0.15) is 23.5 Å². The van der Waals surface area contributed by atoms with Gasteiger partial charge in [0.05, 0.1) is 0 Å². The average Bonchev–Trinajstić information content (AvgIpc) is 2.90. The monoisotopic (exact) mass is 376 g/mol. The van der Waals surface area contributed by atoms with E-state index in [1.165, 1.54) is 0 Å². The Hall–Kier alpha value is -1.74. The van der Waals surface area contributed by atoms with E-state index in [0.29, 0.717) is 28.7 Å². The number of halogens is 2. The lowest BCUT2D eigenvalue weighted by Gasteiger charge is -2.49. The summed E-state index contributed by atoms with van der Waals surface area (Å²) in [6.07, 6.45) is 3.78. The maximum absolute atomic E-state index is 13.1. The van der Waals surface area contributed by atoms with E-state index in [4.69, 9.17) is 23.2 Å². The molecule has 0 radical (unpaired) electrons. The van der Waals surface area contributed by atoms with Crippen LogP contribution in [0.4, 0.5) is 0 Å². The zero-order chi connectivity index (χ0) is 17.8. The Bertz CT molecular complexity index is 818. The fourth-order valence-electron chi connectivity index (χ4n) is 4.50. The summed E-state index contributed by atoms with van der Waals surface area (Å²) >= 11 is 12.5. The molecule has 1 N–H and O–H groups in total. The number of rotatable bonds is 1. The van der Waals surface area contributed by atoms with Gasteiger partial charge in [0.15, 0.2) is 5.78 Å². The van der Waals surface area contributed by atoms with Crippen molar-refractivity contribution in [2.45, 2.75) is 37.0 Å². The number of nitrogens with zero attached hydrogens (tertiary/aromatic N) is 3. The van der Waals surface area contributed by atoms with Gasteiger partial charge in [-0.25, -0.2) is 0 Å². The molecule has 4 rings (SSSR count). The molecular formula is C18H18Cl2N4O. The van der Waals surface area contributed by atoms with Gasteiger partial charge in [0.25, 0.3) is 0 Å². The largest absolute Gasteiger partial charge is 0.375 e. The zero-order valence-corrected chi connectivity index (χ0v) is 15.3. The first-order chi connectivity index (χ1) is 12.0. The quantitative estimate of drug-likeness (QED) is 0.815. The van der Waals surface area contributed by atoms with Crippen molar-refractivity contribution >= 4 is 29.0 Å². The standard InChI is InChI=1S/C18H18Cl2N4O/c1-23-9-12(8-21)24-17(13-6-5-11(19)7-14(13)20)22-15-3-2-4-16(25)18(15,24)10-23/h5-7,9,15,17,22H,2-4,10H2,1H3. The van der Waals surface area contributed by atoms with Crippen LogP contribution in [0.1, 0.15) is 31.0 Å². The third kappa shape index (κ3) is 2.36. The van der Waals surface area contributed by atoms with Crippen LogP contribution in [0.5, 0.6) is 0 Å². The smallest absolute Gasteiger partial charge is 0.161 e. The van der Waals surface area contributed by atoms with E-state index in [-0.39, 0.29) is 18.0 Å². The first kappa shape index (κ1) is 16.7. The minimum absolute atomic E-state index is 0.00926. The number of nitriles is 1. The topological polar surface area (TPSA) is 59.4 Å². The summed E-state index contributed by atoms with van der Waals surface area (Å²) in [7, 11) is 1.91. The Morgan fingerprint density at radius 1 is 1.40 bits per heavy atom. The number of ketones is 1. The van der Waals surface area contributed by atoms with Crippen molar-refractivity contribution in [2.75, 3.05) is 13.6 Å². The Morgan fingerprint density at radius 3 is 2.92 bits per heavy atom. The van der Waals surface area contributed by atoms with E-state index in [1.807, 2.05) is 22.9 Å². The highest BCUT2D eigenvalue weighted by Crippen LogP contribution is 2.48. The van der Waals surface area contributed by atoms with Gasteiger partial charge in [-0.3, -0.25) is 10.1 Å². The summed E-state index contributed by atoms with van der Waals surface area (Å²) in [5, 5.41) is 14.4. The van der Waals surface area contributed by atoms with Gasteiger partial charge in [-0.05, 0) is 25.0 Å². The predicted octanol–water partition coefficient (Wildman–Crippen LogP) is 3.07. The van der Waals surface area contributed by atoms with Crippen LogP contribution in [0.25, 0.3) is 0 Å². The summed E-state index contributed by atoms with van der Waals surface area (Å²) in [5.41, 5.74) is 0.592. The van der Waals surface area contributed by atoms with Crippen LogP contribution in [-0.4, -0.2) is 40.8 Å². The molecule has 1 spiro atoms. The van der Waals surface area contributed by atoms with Crippen molar-refractivity contribution in [3.05, 3.63) is 45.7 Å². The normalized spacial score (nSPS) is 31.3. The van der Waals surface area contributed by atoms with Crippen LogP contribution >= 0.6 is 23.2 Å². The Morgan fingerprint density at radius 2 is 2.20 bits per heavy atom. The molecule has 7 heteroatoms. The van der Waals surface area contributed by atoms with Gasteiger partial charge < -0.3 is 9.80 Å². The summed E-state index contributed by atoms with van der Waals surface area (Å²) in [6, 6.07) is 7.61. The molecule has 1 aromatic rings. The van der Waals surface area contributed by atoms with Gasteiger partial charge >= 0.3 is 0 Å². The Kier molecular flexibility index (Phi) is 3.95. The molecule has 5 nitrogen and oxygen atoms in total. The number of hydrogen-bond acceptors (Lipinski definition) is 5. The third-order valence-electron chi connectivity index (χ3n) is 5.47. The SMILES string of the molecule is CN1C=C(C#N)N2C(c3ccc(Cl)cc3Cl)NC3CCCC(=O)C32C1. The summed E-state index contributed by atoms with van der Waals surface area (Å²) < 4.78 is 0. The van der Waals surface area contributed by atoms with Crippen LogP contribution in [0.3, 0.4) is 0 Å². The predicted molar refractivity (Wildman–Crippen MR) is 95.9 cm³/mol. The Balaban J connectivity index is 1.89. The number of allylic oxidation sites excluding steroid dienone is 1. The Labute approximate surface area is 156 Å². The summed E-state index contributed by atoms with van der Waals surface area (Å²) in [4.78, 5) is 17.0. The highest BCUT2D eigenvalue weighted by molar-refractivity contribution is 6.35. The van der Waals surface area contributed by atoms with Gasteiger partial charge in [-0.15, -0.1) is 0 Å². The molecule has 3 aliphatic rings. The van der Waals surface area contributed by atoms with Crippen LogP contribution in [0, 0.1) is 11.3 Å². The van der Waals surface area contributed by atoms with Gasteiger partial charge in [0, 0.05) is 47.9 Å². The number of nitrogens with one attached hydrogen (secondary N) is 1. The van der Waals surface area contributed by atoms with Crippen LogP contribution < -0.4 is 5.32 Å². The maximum atomic E-state index is 13.1. The van der Waals surface area contributed by atoms with Crippen molar-refractivity contribution in [3.8, 4) is 6.07 Å². The molecule has 2 fully saturated rings. The van der Waals surface area contributed by atoms with Crippen LogP contribution in [-0.2, 0) is 4.79 Å². The molecule has 25 heavy (non-hydrogen) atoms. The molecule has 0 bridgehead atoms. The van der Waals surface area contributed by atoms with Crippen molar-refractivity contribution < 1.29 is 4.79 Å². The van der Waals surface area contributed by atoms with E-state index < -0.39 is 5.54 Å². The van der Waals surface area contributed by atoms with Crippen molar-refractivity contribution in [2.24, 2.45) is 0 Å². The summed E-state index contributed by atoms with van der Waals surface area (Å²) in [6.45, 7) is 0.566. The molecule has 1 aromatic carbocycles. The first-order valence-electron chi connectivity index (χ1n) is 8.33. The fraction of sp³-hybridized carbons (Fsp3) is 0.444. The first-order valence-corrected chi connectivity index (χ1v) is 9.09. The molecule has 3 unspecified atom stereocenters. The lowest BCUT2D eigenvalue weighted by molar-refractivity contribution is -0.133. The van der Waals surface area contributed by atoms with Crippen molar-refractivity contribution in [1.29, 1.82) is 5.26 Å². The van der Waals surface area contributed by atoms with Crippen molar-refractivity contribution in [3.63, 3.8) is 0 Å². The van der Waals surface area contributed by atoms with Gasteiger partial charge in [0.2, 0.25) is 0 Å². The minimum Gasteiger partial charge on any atom is -0.375 e. The molecule has 2 aliphatic heterocycles. The fourth-order valence-corrected chi connectivity index (χ4v) is 5.01. The number of Topliss-reactive ketones (excluding diaryl/α,β-unsaturated/α-hetero) is 1. The number of hydrogen-bond donors (Lipinski definition) is 1. The molecular weight excluding hydrogens is 359 g/mol. The average molecular weight is 377 g/mol. The molecule has 130 valence electrons. The van der Waals surface area contributed by atoms with Crippen molar-refractivity contribution in [1.82, 2.24) is 15.1 Å². The maximum Gasteiger partial charge on any atom is 0.161 e. The van der Waals surface area contributed by atoms with Gasteiger partial charge in [-0.1, -0.05) is 29.3 Å². The van der Waals surface area contributed by atoms with Crippen LogP contribution in [0.15, 0.2) is 30.1 Å². The molecule has 0 amide bonds. The lowest BCUT2D eigenvalue weighted by Crippen LogP contribution is -2.65. The van der Waals surface area contributed by atoms with E-state index in [9.17, 15) is 10.1 Å². The number of carbonyl (C=O) groups excluding carboxylic acids is 1. The molecule has 3 atom stereocenters. The van der Waals surface area contributed by atoms with E-state index in [2.05, 4.69) is 11.4 Å².